The highest BCUT2D eigenvalue weighted by Gasteiger charge is 2.12. The summed E-state index contributed by atoms with van der Waals surface area (Å²) in [6.07, 6.45) is 2.67. The van der Waals surface area contributed by atoms with Gasteiger partial charge in [-0.3, -0.25) is 0 Å². The van der Waals surface area contributed by atoms with Crippen molar-refractivity contribution in [1.29, 1.82) is 5.26 Å². The predicted molar refractivity (Wildman–Crippen MR) is 59.2 cm³/mol. The van der Waals surface area contributed by atoms with Crippen molar-refractivity contribution in [2.75, 3.05) is 0 Å². The quantitative estimate of drug-likeness (QED) is 0.452. The Balaban J connectivity index is 2.58. The molecule has 0 aliphatic heterocycles. The number of hydrogen-bond donors (Lipinski definition) is 0. The molecule has 0 radical (unpaired) electrons. The molecule has 0 saturated heterocycles. The van der Waals surface area contributed by atoms with Crippen LogP contribution >= 0.6 is 0 Å². The van der Waals surface area contributed by atoms with E-state index >= 15 is 0 Å². The number of hydrogen-bond acceptors (Lipinski definition) is 2. The van der Waals surface area contributed by atoms with Gasteiger partial charge in [-0.1, -0.05) is 5.11 Å². The van der Waals surface area contributed by atoms with E-state index in [1.165, 1.54) is 18.5 Å². The van der Waals surface area contributed by atoms with Crippen molar-refractivity contribution in [1.82, 2.24) is 4.57 Å². The van der Waals surface area contributed by atoms with Gasteiger partial charge in [-0.25, -0.2) is 8.78 Å². The fraction of sp³-hybridized carbons (Fsp3) is 0. The van der Waals surface area contributed by atoms with E-state index in [2.05, 4.69) is 10.0 Å². The monoisotopic (exact) mass is 245 g/mol. The Bertz CT molecular complexity index is 669. The number of nitriles is 1. The number of rotatable bonds is 2. The average Bonchev–Trinajstić information content (AvgIpc) is 2.77. The van der Waals surface area contributed by atoms with Crippen molar-refractivity contribution in [3.05, 3.63) is 58.2 Å². The normalized spacial score (nSPS) is 9.61. The lowest BCUT2D eigenvalue weighted by molar-refractivity contribution is 0.570. The van der Waals surface area contributed by atoms with Crippen LogP contribution in [0.2, 0.25) is 0 Å². The van der Waals surface area contributed by atoms with Crippen molar-refractivity contribution >= 4 is 5.69 Å². The van der Waals surface area contributed by atoms with Crippen LogP contribution in [0.1, 0.15) is 5.56 Å². The highest BCUT2D eigenvalue weighted by atomic mass is 19.1. The van der Waals surface area contributed by atoms with E-state index in [0.29, 0.717) is 0 Å². The molecule has 0 atom stereocenters. The first-order valence-corrected chi connectivity index (χ1v) is 4.78. The van der Waals surface area contributed by atoms with Crippen LogP contribution in [0.15, 0.2) is 35.7 Å². The van der Waals surface area contributed by atoms with Gasteiger partial charge < -0.3 is 4.57 Å². The second kappa shape index (κ2) is 4.57. The molecule has 1 heterocycles. The third-order valence-corrected chi connectivity index (χ3v) is 2.24. The van der Waals surface area contributed by atoms with Gasteiger partial charge in [-0.2, -0.15) is 5.26 Å². The Morgan fingerprint density at radius 2 is 2.00 bits per heavy atom. The molecule has 0 fully saturated rings. The van der Waals surface area contributed by atoms with Gasteiger partial charge in [-0.15, -0.1) is 0 Å². The molecule has 1 aromatic heterocycles. The third kappa shape index (κ3) is 2.00. The Morgan fingerprint density at radius 1 is 1.33 bits per heavy atom. The summed E-state index contributed by atoms with van der Waals surface area (Å²) in [4.78, 5) is 2.45. The highest BCUT2D eigenvalue weighted by molar-refractivity contribution is 5.48. The lowest BCUT2D eigenvalue weighted by Gasteiger charge is -2.06. The number of aromatic nitrogens is 1. The second-order valence-electron chi connectivity index (χ2n) is 3.37. The van der Waals surface area contributed by atoms with E-state index < -0.39 is 11.6 Å². The molecule has 18 heavy (non-hydrogen) atoms. The summed E-state index contributed by atoms with van der Waals surface area (Å²) in [5.41, 5.74) is 8.01. The van der Waals surface area contributed by atoms with Gasteiger partial charge in [0.05, 0.1) is 5.56 Å². The number of azide groups is 1. The number of halogens is 2. The fourth-order valence-electron chi connectivity index (χ4n) is 1.51. The summed E-state index contributed by atoms with van der Waals surface area (Å²) in [5, 5.41) is 11.8. The van der Waals surface area contributed by atoms with Crippen LogP contribution < -0.4 is 0 Å². The first-order chi connectivity index (χ1) is 8.65. The number of nitrogens with zero attached hydrogens (tertiary/aromatic N) is 5. The van der Waals surface area contributed by atoms with Crippen LogP contribution in [0.5, 0.6) is 0 Å². The van der Waals surface area contributed by atoms with Gasteiger partial charge in [0, 0.05) is 23.0 Å². The van der Waals surface area contributed by atoms with Gasteiger partial charge in [0.15, 0.2) is 11.6 Å². The molecule has 0 saturated carbocycles. The van der Waals surface area contributed by atoms with Gasteiger partial charge in [-0.05, 0) is 23.7 Å². The van der Waals surface area contributed by atoms with E-state index in [1.54, 1.807) is 0 Å². The standard InChI is InChI=1S/C11H5F2N5/c12-9-3-8(16-17-15)4-10(13)11(9)18-2-1-7(5-14)6-18/h1-4,6H. The zero-order valence-electron chi connectivity index (χ0n) is 8.88. The van der Waals surface area contributed by atoms with Gasteiger partial charge in [0.2, 0.25) is 0 Å². The summed E-state index contributed by atoms with van der Waals surface area (Å²) >= 11 is 0. The predicted octanol–water partition coefficient (Wildman–Crippen LogP) is 3.57. The largest absolute Gasteiger partial charge is 0.318 e. The van der Waals surface area contributed by atoms with Gasteiger partial charge in [0.1, 0.15) is 11.8 Å². The first kappa shape index (κ1) is 11.6. The molecule has 2 aromatic rings. The van der Waals surface area contributed by atoms with E-state index in [9.17, 15) is 8.78 Å². The zero-order chi connectivity index (χ0) is 13.1. The molecule has 0 N–H and O–H groups in total. The molecule has 0 bridgehead atoms. The molecule has 5 nitrogen and oxygen atoms in total. The van der Waals surface area contributed by atoms with Crippen LogP contribution in [0.3, 0.4) is 0 Å². The van der Waals surface area contributed by atoms with Crippen LogP contribution in [0.4, 0.5) is 14.5 Å². The van der Waals surface area contributed by atoms with E-state index in [4.69, 9.17) is 10.8 Å². The van der Waals surface area contributed by atoms with Crippen molar-refractivity contribution in [2.45, 2.75) is 0 Å². The lowest BCUT2D eigenvalue weighted by atomic mass is 10.2. The topological polar surface area (TPSA) is 77.5 Å². The van der Waals surface area contributed by atoms with Crippen LogP contribution in [-0.4, -0.2) is 4.57 Å². The Labute approximate surface area is 100 Å². The van der Waals surface area contributed by atoms with Crippen molar-refractivity contribution in [3.63, 3.8) is 0 Å². The molecule has 0 aliphatic rings. The molecule has 88 valence electrons. The summed E-state index contributed by atoms with van der Waals surface area (Å²) < 4.78 is 28.6. The van der Waals surface area contributed by atoms with Crippen LogP contribution in [-0.2, 0) is 0 Å². The number of benzene rings is 1. The maximum atomic E-state index is 13.7. The minimum Gasteiger partial charge on any atom is -0.318 e. The lowest BCUT2D eigenvalue weighted by Crippen LogP contribution is -1.98. The molecular weight excluding hydrogens is 240 g/mol. The third-order valence-electron chi connectivity index (χ3n) is 2.24. The smallest absolute Gasteiger partial charge is 0.150 e. The molecule has 0 amide bonds. The molecule has 1 aromatic carbocycles. The van der Waals surface area contributed by atoms with Gasteiger partial charge >= 0.3 is 0 Å². The van der Waals surface area contributed by atoms with Crippen LogP contribution in [0, 0.1) is 23.0 Å². The van der Waals surface area contributed by atoms with E-state index in [1.807, 2.05) is 6.07 Å². The summed E-state index contributed by atoms with van der Waals surface area (Å²) in [6, 6.07) is 5.13. The Morgan fingerprint density at radius 3 is 2.50 bits per heavy atom. The summed E-state index contributed by atoms with van der Waals surface area (Å²) in [7, 11) is 0. The molecule has 0 unspecified atom stereocenters. The van der Waals surface area contributed by atoms with E-state index in [0.717, 1.165) is 16.7 Å². The van der Waals surface area contributed by atoms with Crippen molar-refractivity contribution in [3.8, 4) is 11.8 Å². The minimum absolute atomic E-state index is 0.149. The molecule has 0 aliphatic carbocycles. The fourth-order valence-corrected chi connectivity index (χ4v) is 1.51. The summed E-state index contributed by atoms with van der Waals surface area (Å²) in [6.45, 7) is 0. The average molecular weight is 245 g/mol. The SMILES string of the molecule is N#Cc1ccn(-c2c(F)cc(N=[N+]=[N-])cc2F)c1. The van der Waals surface area contributed by atoms with Crippen molar-refractivity contribution in [2.24, 2.45) is 5.11 Å². The van der Waals surface area contributed by atoms with E-state index in [-0.39, 0.29) is 16.9 Å². The van der Waals surface area contributed by atoms with Gasteiger partial charge in [0.25, 0.3) is 0 Å². The van der Waals surface area contributed by atoms with Crippen molar-refractivity contribution < 1.29 is 8.78 Å². The molecular formula is C11H5F2N5. The molecule has 2 rings (SSSR count). The zero-order valence-corrected chi connectivity index (χ0v) is 8.88. The molecule has 7 heteroatoms. The maximum absolute atomic E-state index is 13.7. The first-order valence-electron chi connectivity index (χ1n) is 4.78. The molecule has 0 spiro atoms. The second-order valence-corrected chi connectivity index (χ2v) is 3.37. The van der Waals surface area contributed by atoms with Crippen LogP contribution in [0.25, 0.3) is 16.1 Å². The maximum Gasteiger partial charge on any atom is 0.150 e. The Kier molecular flexibility index (Phi) is 2.96. The Hall–Kier alpha value is -2.84. The highest BCUT2D eigenvalue weighted by Crippen LogP contribution is 2.24. The minimum atomic E-state index is -0.877. The summed E-state index contributed by atoms with van der Waals surface area (Å²) in [5.74, 6) is -1.75.